The van der Waals surface area contributed by atoms with Crippen LogP contribution in [0.4, 0.5) is 0 Å². The maximum absolute atomic E-state index is 5.38. The van der Waals surface area contributed by atoms with E-state index in [0.29, 0.717) is 6.04 Å². The first-order valence-electron chi connectivity index (χ1n) is 6.56. The zero-order chi connectivity index (χ0) is 13.5. The maximum atomic E-state index is 5.38. The summed E-state index contributed by atoms with van der Waals surface area (Å²) in [6.45, 7) is 0.954. The van der Waals surface area contributed by atoms with Gasteiger partial charge in [0, 0.05) is 17.2 Å². The van der Waals surface area contributed by atoms with Crippen molar-refractivity contribution in [2.75, 3.05) is 24.3 Å². The molecule has 1 aromatic rings. The van der Waals surface area contributed by atoms with Crippen LogP contribution in [-0.4, -0.2) is 29.4 Å². The second-order valence-corrected chi connectivity index (χ2v) is 7.00. The van der Waals surface area contributed by atoms with Gasteiger partial charge in [-0.2, -0.15) is 11.8 Å². The smallest absolute Gasteiger partial charge is 0.166 e. The molecule has 0 aromatic heterocycles. The molecule has 1 heterocycles. The Kier molecular flexibility index (Phi) is 6.34. The molecular formula is C14H20N2S3. The van der Waals surface area contributed by atoms with E-state index in [9.17, 15) is 0 Å². The summed E-state index contributed by atoms with van der Waals surface area (Å²) in [5.41, 5.74) is 1.38. The van der Waals surface area contributed by atoms with E-state index in [2.05, 4.69) is 41.2 Å². The molecule has 19 heavy (non-hydrogen) atoms. The number of hydrogen-bond acceptors (Lipinski definition) is 3. The normalized spacial score (nSPS) is 17.6. The molecule has 0 saturated carbocycles. The zero-order valence-electron chi connectivity index (χ0n) is 11.1. The lowest BCUT2D eigenvalue weighted by Crippen LogP contribution is -2.39. The Morgan fingerprint density at radius 2 is 2.32 bits per heavy atom. The van der Waals surface area contributed by atoms with Crippen molar-refractivity contribution in [1.82, 2.24) is 10.6 Å². The minimum atomic E-state index is 0.359. The van der Waals surface area contributed by atoms with Gasteiger partial charge in [-0.15, -0.1) is 11.8 Å². The van der Waals surface area contributed by atoms with Crippen LogP contribution in [0.1, 0.15) is 24.4 Å². The molecule has 1 atom stereocenters. The average molecular weight is 313 g/mol. The van der Waals surface area contributed by atoms with Crippen LogP contribution in [0.5, 0.6) is 0 Å². The minimum Gasteiger partial charge on any atom is -0.363 e. The van der Waals surface area contributed by atoms with E-state index in [1.165, 1.54) is 16.2 Å². The lowest BCUT2D eigenvalue weighted by atomic mass is 10.0. The molecule has 0 fully saturated rings. The first-order chi connectivity index (χ1) is 9.31. The summed E-state index contributed by atoms with van der Waals surface area (Å²) in [6, 6.07) is 8.97. The van der Waals surface area contributed by atoms with Crippen LogP contribution in [0.25, 0.3) is 0 Å². The molecule has 0 spiro atoms. The molecule has 2 N–H and O–H groups in total. The molecule has 0 amide bonds. The first-order valence-corrected chi connectivity index (χ1v) is 9.35. The van der Waals surface area contributed by atoms with Crippen LogP contribution >= 0.6 is 35.7 Å². The highest BCUT2D eigenvalue weighted by Gasteiger charge is 2.20. The maximum Gasteiger partial charge on any atom is 0.166 e. The lowest BCUT2D eigenvalue weighted by molar-refractivity contribution is 0.602. The standard InChI is InChI=1S/C14H20N2S3/c1-18-9-4-8-15-14(17)16-12-7-10-19-13-6-3-2-5-11(12)13/h2-3,5-6,12H,4,7-10H2,1H3,(H2,15,16,17)/t12-/m1/s1. The van der Waals surface area contributed by atoms with Crippen molar-refractivity contribution in [3.63, 3.8) is 0 Å². The van der Waals surface area contributed by atoms with E-state index in [-0.39, 0.29) is 0 Å². The number of thioether (sulfide) groups is 2. The number of thiocarbonyl (C=S) groups is 1. The van der Waals surface area contributed by atoms with Gasteiger partial charge in [0.25, 0.3) is 0 Å². The number of rotatable bonds is 5. The Morgan fingerprint density at radius 3 is 3.16 bits per heavy atom. The van der Waals surface area contributed by atoms with Crippen molar-refractivity contribution in [2.45, 2.75) is 23.8 Å². The van der Waals surface area contributed by atoms with Crippen molar-refractivity contribution in [1.29, 1.82) is 0 Å². The number of nitrogens with one attached hydrogen (secondary N) is 2. The fourth-order valence-electron chi connectivity index (χ4n) is 2.12. The Labute approximate surface area is 129 Å². The first kappa shape index (κ1) is 15.0. The van der Waals surface area contributed by atoms with Crippen molar-refractivity contribution in [3.05, 3.63) is 29.8 Å². The van der Waals surface area contributed by atoms with Gasteiger partial charge in [-0.3, -0.25) is 0 Å². The predicted octanol–water partition coefficient (Wildman–Crippen LogP) is 3.44. The lowest BCUT2D eigenvalue weighted by Gasteiger charge is -2.27. The van der Waals surface area contributed by atoms with Gasteiger partial charge in [0.15, 0.2) is 5.11 Å². The van der Waals surface area contributed by atoms with E-state index in [0.717, 1.165) is 30.3 Å². The molecule has 5 heteroatoms. The molecule has 2 rings (SSSR count). The molecule has 2 nitrogen and oxygen atoms in total. The van der Waals surface area contributed by atoms with Gasteiger partial charge in [-0.25, -0.2) is 0 Å². The summed E-state index contributed by atoms with van der Waals surface area (Å²) in [5, 5.41) is 7.53. The van der Waals surface area contributed by atoms with Gasteiger partial charge in [-0.1, -0.05) is 18.2 Å². The third-order valence-electron chi connectivity index (χ3n) is 3.07. The predicted molar refractivity (Wildman–Crippen MR) is 91.3 cm³/mol. The summed E-state index contributed by atoms with van der Waals surface area (Å²) < 4.78 is 0. The molecule has 0 saturated heterocycles. The minimum absolute atomic E-state index is 0.359. The summed E-state index contributed by atoms with van der Waals surface area (Å²) >= 11 is 9.19. The van der Waals surface area contributed by atoms with E-state index >= 15 is 0 Å². The fourth-order valence-corrected chi connectivity index (χ4v) is 3.92. The largest absolute Gasteiger partial charge is 0.363 e. The van der Waals surface area contributed by atoms with Crippen LogP contribution in [0.3, 0.4) is 0 Å². The highest BCUT2D eigenvalue weighted by Crippen LogP contribution is 2.35. The van der Waals surface area contributed by atoms with Gasteiger partial charge < -0.3 is 10.6 Å². The summed E-state index contributed by atoms with van der Waals surface area (Å²) in [6.07, 6.45) is 4.42. The van der Waals surface area contributed by atoms with Gasteiger partial charge in [-0.05, 0) is 48.7 Å². The van der Waals surface area contributed by atoms with Crippen LogP contribution in [-0.2, 0) is 0 Å². The molecule has 0 radical (unpaired) electrons. The van der Waals surface area contributed by atoms with Crippen LogP contribution in [0.15, 0.2) is 29.2 Å². The molecule has 1 aromatic carbocycles. The van der Waals surface area contributed by atoms with Crippen LogP contribution in [0, 0.1) is 0 Å². The van der Waals surface area contributed by atoms with Gasteiger partial charge >= 0.3 is 0 Å². The van der Waals surface area contributed by atoms with Crippen molar-refractivity contribution in [2.24, 2.45) is 0 Å². The van der Waals surface area contributed by atoms with Crippen LogP contribution < -0.4 is 10.6 Å². The average Bonchev–Trinajstić information content (AvgIpc) is 2.44. The summed E-state index contributed by atoms with van der Waals surface area (Å²) in [7, 11) is 0. The topological polar surface area (TPSA) is 24.1 Å². The Bertz CT molecular complexity index is 423. The number of hydrogen-bond donors (Lipinski definition) is 2. The van der Waals surface area contributed by atoms with E-state index in [1.807, 2.05) is 23.5 Å². The molecule has 0 unspecified atom stereocenters. The summed E-state index contributed by atoms with van der Waals surface area (Å²) in [5.74, 6) is 2.34. The monoisotopic (exact) mass is 312 g/mol. The molecule has 1 aliphatic rings. The highest BCUT2D eigenvalue weighted by molar-refractivity contribution is 7.99. The Morgan fingerprint density at radius 1 is 1.47 bits per heavy atom. The second kappa shape index (κ2) is 8.02. The van der Waals surface area contributed by atoms with Crippen molar-refractivity contribution < 1.29 is 0 Å². The molecule has 104 valence electrons. The van der Waals surface area contributed by atoms with E-state index in [4.69, 9.17) is 12.2 Å². The third kappa shape index (κ3) is 4.58. The van der Waals surface area contributed by atoms with Crippen molar-refractivity contribution >= 4 is 40.9 Å². The SMILES string of the molecule is CSCCCNC(=S)N[C@@H]1CCSc2ccccc21. The van der Waals surface area contributed by atoms with Gasteiger partial charge in [0.2, 0.25) is 0 Å². The molecule has 1 aliphatic heterocycles. The molecule has 0 aliphatic carbocycles. The molecular weight excluding hydrogens is 292 g/mol. The Balaban J connectivity index is 1.85. The van der Waals surface area contributed by atoms with E-state index < -0.39 is 0 Å². The quantitative estimate of drug-likeness (QED) is 0.641. The van der Waals surface area contributed by atoms with Crippen molar-refractivity contribution in [3.8, 4) is 0 Å². The Hall–Kier alpha value is -0.390. The fraction of sp³-hybridized carbons (Fsp3) is 0.500. The summed E-state index contributed by atoms with van der Waals surface area (Å²) in [4.78, 5) is 1.39. The number of fused-ring (bicyclic) bond motifs is 1. The molecule has 0 bridgehead atoms. The van der Waals surface area contributed by atoms with E-state index in [1.54, 1.807) is 0 Å². The second-order valence-electron chi connectivity index (χ2n) is 4.47. The van der Waals surface area contributed by atoms with Gasteiger partial charge in [0.1, 0.15) is 0 Å². The number of benzene rings is 1. The van der Waals surface area contributed by atoms with Gasteiger partial charge in [0.05, 0.1) is 6.04 Å². The van der Waals surface area contributed by atoms with Crippen LogP contribution in [0.2, 0.25) is 0 Å². The zero-order valence-corrected chi connectivity index (χ0v) is 13.6. The highest BCUT2D eigenvalue weighted by atomic mass is 32.2. The third-order valence-corrected chi connectivity index (χ3v) is 5.16.